The van der Waals surface area contributed by atoms with Crippen LogP contribution in [-0.4, -0.2) is 6.18 Å². The van der Waals surface area contributed by atoms with Gasteiger partial charge in [-0.1, -0.05) is 72.8 Å². The van der Waals surface area contributed by atoms with E-state index in [4.69, 9.17) is 0 Å². The topological polar surface area (TPSA) is 0 Å². The molecule has 0 unspecified atom stereocenters. The molecule has 0 N–H and O–H groups in total. The predicted octanol–water partition coefficient (Wildman–Crippen LogP) is 5.92. The molecule has 3 rings (SSSR count). The van der Waals surface area contributed by atoms with E-state index in [2.05, 4.69) is 0 Å². The molecule has 0 amide bonds. The van der Waals surface area contributed by atoms with Crippen molar-refractivity contribution in [2.45, 2.75) is 18.5 Å². The SMILES string of the molecule is FC(F)(F)C[C@@H](c1ccccc1)c1cccc2ccccc12. The maximum absolute atomic E-state index is 13.1. The molecule has 22 heavy (non-hydrogen) atoms. The summed E-state index contributed by atoms with van der Waals surface area (Å²) >= 11 is 0. The van der Waals surface area contributed by atoms with E-state index in [9.17, 15) is 13.2 Å². The summed E-state index contributed by atoms with van der Waals surface area (Å²) in [7, 11) is 0. The zero-order valence-electron chi connectivity index (χ0n) is 11.8. The van der Waals surface area contributed by atoms with E-state index in [0.717, 1.165) is 16.3 Å². The van der Waals surface area contributed by atoms with Gasteiger partial charge in [0.05, 0.1) is 6.42 Å². The number of benzene rings is 3. The smallest absolute Gasteiger partial charge is 0.171 e. The van der Waals surface area contributed by atoms with Crippen LogP contribution in [0.2, 0.25) is 0 Å². The van der Waals surface area contributed by atoms with Crippen molar-refractivity contribution in [2.24, 2.45) is 0 Å². The molecule has 3 heteroatoms. The van der Waals surface area contributed by atoms with Crippen molar-refractivity contribution < 1.29 is 13.2 Å². The molecule has 112 valence electrons. The van der Waals surface area contributed by atoms with Crippen LogP contribution in [0.5, 0.6) is 0 Å². The summed E-state index contributed by atoms with van der Waals surface area (Å²) in [5.74, 6) is -0.688. The Morgan fingerprint density at radius 2 is 1.36 bits per heavy atom. The fourth-order valence-corrected chi connectivity index (χ4v) is 2.88. The maximum Gasteiger partial charge on any atom is 0.390 e. The Morgan fingerprint density at radius 1 is 0.727 bits per heavy atom. The summed E-state index contributed by atoms with van der Waals surface area (Å²) in [6.07, 6.45) is -5.07. The molecular weight excluding hydrogens is 285 g/mol. The van der Waals surface area contributed by atoms with Gasteiger partial charge in [-0.3, -0.25) is 0 Å². The molecule has 0 aromatic heterocycles. The normalized spacial score (nSPS) is 13.2. The Hall–Kier alpha value is -2.29. The largest absolute Gasteiger partial charge is 0.390 e. The number of hydrogen-bond acceptors (Lipinski definition) is 0. The summed E-state index contributed by atoms with van der Waals surface area (Å²) in [5, 5.41) is 1.84. The lowest BCUT2D eigenvalue weighted by Gasteiger charge is -2.21. The van der Waals surface area contributed by atoms with Gasteiger partial charge in [-0.25, -0.2) is 0 Å². The monoisotopic (exact) mass is 300 g/mol. The molecule has 0 radical (unpaired) electrons. The fourth-order valence-electron chi connectivity index (χ4n) is 2.88. The number of rotatable bonds is 3. The van der Waals surface area contributed by atoms with Crippen LogP contribution < -0.4 is 0 Å². The Labute approximate surface area is 127 Å². The van der Waals surface area contributed by atoms with Crippen molar-refractivity contribution in [3.63, 3.8) is 0 Å². The van der Waals surface area contributed by atoms with Gasteiger partial charge < -0.3 is 0 Å². The molecule has 0 heterocycles. The summed E-state index contributed by atoms with van der Waals surface area (Å²) in [5.41, 5.74) is 1.41. The molecular formula is C19H15F3. The number of hydrogen-bond donors (Lipinski definition) is 0. The molecule has 0 aliphatic carbocycles. The van der Waals surface area contributed by atoms with Crippen LogP contribution in [0.3, 0.4) is 0 Å². The number of alkyl halides is 3. The van der Waals surface area contributed by atoms with Crippen LogP contribution in [0.15, 0.2) is 72.8 Å². The molecule has 0 saturated carbocycles. The van der Waals surface area contributed by atoms with Crippen LogP contribution in [-0.2, 0) is 0 Å². The van der Waals surface area contributed by atoms with E-state index < -0.39 is 18.5 Å². The van der Waals surface area contributed by atoms with Crippen molar-refractivity contribution in [2.75, 3.05) is 0 Å². The standard InChI is InChI=1S/C19H15F3/c20-19(21,22)13-18(15-7-2-1-3-8-15)17-12-6-10-14-9-4-5-11-16(14)17/h1-12,18H,13H2/t18-/m0/s1. The summed E-state index contributed by atoms with van der Waals surface area (Å²) in [6, 6.07) is 22.0. The Morgan fingerprint density at radius 3 is 2.09 bits per heavy atom. The zero-order valence-corrected chi connectivity index (χ0v) is 11.8. The highest BCUT2D eigenvalue weighted by Crippen LogP contribution is 2.38. The third-order valence-electron chi connectivity index (χ3n) is 3.84. The third-order valence-corrected chi connectivity index (χ3v) is 3.84. The lowest BCUT2D eigenvalue weighted by atomic mass is 9.85. The van der Waals surface area contributed by atoms with Crippen LogP contribution in [0.1, 0.15) is 23.5 Å². The molecule has 0 nitrogen and oxygen atoms in total. The van der Waals surface area contributed by atoms with E-state index in [1.54, 1.807) is 30.3 Å². The fraction of sp³-hybridized carbons (Fsp3) is 0.158. The van der Waals surface area contributed by atoms with Crippen LogP contribution >= 0.6 is 0 Å². The first kappa shape index (κ1) is 14.6. The average molecular weight is 300 g/mol. The maximum atomic E-state index is 13.1. The summed E-state index contributed by atoms with van der Waals surface area (Å²) < 4.78 is 39.2. The van der Waals surface area contributed by atoms with Crippen LogP contribution in [0.4, 0.5) is 13.2 Å². The van der Waals surface area contributed by atoms with E-state index >= 15 is 0 Å². The van der Waals surface area contributed by atoms with Crippen molar-refractivity contribution in [3.05, 3.63) is 83.9 Å². The van der Waals surface area contributed by atoms with E-state index in [-0.39, 0.29) is 0 Å². The van der Waals surface area contributed by atoms with Crippen molar-refractivity contribution in [1.82, 2.24) is 0 Å². The first-order valence-corrected chi connectivity index (χ1v) is 7.14. The predicted molar refractivity (Wildman–Crippen MR) is 82.9 cm³/mol. The molecule has 0 fully saturated rings. The minimum absolute atomic E-state index is 0.688. The number of fused-ring (bicyclic) bond motifs is 1. The molecule has 1 atom stereocenters. The third kappa shape index (κ3) is 3.14. The molecule has 0 spiro atoms. The minimum Gasteiger partial charge on any atom is -0.171 e. The van der Waals surface area contributed by atoms with E-state index in [1.165, 1.54) is 0 Å². The van der Waals surface area contributed by atoms with Gasteiger partial charge >= 0.3 is 6.18 Å². The highest BCUT2D eigenvalue weighted by atomic mass is 19.4. The van der Waals surface area contributed by atoms with Crippen LogP contribution in [0, 0.1) is 0 Å². The Kier molecular flexibility index (Phi) is 3.88. The van der Waals surface area contributed by atoms with Gasteiger partial charge in [0.25, 0.3) is 0 Å². The first-order valence-electron chi connectivity index (χ1n) is 7.14. The zero-order chi connectivity index (χ0) is 15.6. The molecule has 0 aliphatic heterocycles. The highest BCUT2D eigenvalue weighted by molar-refractivity contribution is 5.86. The summed E-state index contributed by atoms with van der Waals surface area (Å²) in [6.45, 7) is 0. The van der Waals surface area contributed by atoms with Gasteiger partial charge in [-0.15, -0.1) is 0 Å². The lowest BCUT2D eigenvalue weighted by molar-refractivity contribution is -0.136. The second-order valence-corrected chi connectivity index (χ2v) is 5.35. The van der Waals surface area contributed by atoms with Gasteiger partial charge in [0.15, 0.2) is 0 Å². The second kappa shape index (κ2) is 5.84. The quantitative estimate of drug-likeness (QED) is 0.563. The van der Waals surface area contributed by atoms with Crippen LogP contribution in [0.25, 0.3) is 10.8 Å². The van der Waals surface area contributed by atoms with Gasteiger partial charge in [-0.2, -0.15) is 13.2 Å². The van der Waals surface area contributed by atoms with Gasteiger partial charge in [0.1, 0.15) is 0 Å². The van der Waals surface area contributed by atoms with E-state index in [1.807, 2.05) is 42.5 Å². The Bertz CT molecular complexity index is 755. The molecule has 3 aromatic carbocycles. The van der Waals surface area contributed by atoms with Crippen molar-refractivity contribution in [1.29, 1.82) is 0 Å². The van der Waals surface area contributed by atoms with Crippen molar-refractivity contribution >= 4 is 10.8 Å². The molecule has 0 aliphatic rings. The van der Waals surface area contributed by atoms with E-state index in [0.29, 0.717) is 5.56 Å². The number of halogens is 3. The first-order chi connectivity index (χ1) is 10.5. The second-order valence-electron chi connectivity index (χ2n) is 5.35. The van der Waals surface area contributed by atoms with Gasteiger partial charge in [0, 0.05) is 5.92 Å². The molecule has 0 saturated heterocycles. The summed E-state index contributed by atoms with van der Waals surface area (Å²) in [4.78, 5) is 0. The minimum atomic E-state index is -4.21. The Balaban J connectivity index is 2.16. The van der Waals surface area contributed by atoms with Gasteiger partial charge in [-0.05, 0) is 21.9 Å². The highest BCUT2D eigenvalue weighted by Gasteiger charge is 2.33. The molecule has 0 bridgehead atoms. The van der Waals surface area contributed by atoms with Gasteiger partial charge in [0.2, 0.25) is 0 Å². The average Bonchev–Trinajstić information content (AvgIpc) is 2.52. The lowest BCUT2D eigenvalue weighted by Crippen LogP contribution is -2.15. The molecule has 3 aromatic rings. The van der Waals surface area contributed by atoms with Crippen molar-refractivity contribution in [3.8, 4) is 0 Å².